The lowest BCUT2D eigenvalue weighted by molar-refractivity contribution is 0.193. The van der Waals surface area contributed by atoms with Crippen molar-refractivity contribution in [1.29, 1.82) is 0 Å². The molecular weight excluding hydrogens is 208 g/mol. The maximum absolute atomic E-state index is 5.07. The Balaban J connectivity index is 3.25. The second-order valence-electron chi connectivity index (χ2n) is 2.37. The fourth-order valence-electron chi connectivity index (χ4n) is 0.638. The number of nitrogens with one attached hydrogen (secondary N) is 1. The highest BCUT2D eigenvalue weighted by Gasteiger charge is 1.96. The van der Waals surface area contributed by atoms with Crippen molar-refractivity contribution in [2.75, 3.05) is 6.61 Å². The molecule has 0 aromatic carbocycles. The van der Waals surface area contributed by atoms with Gasteiger partial charge in [-0.15, -0.1) is 0 Å². The van der Waals surface area contributed by atoms with E-state index < -0.39 is 0 Å². The zero-order valence-corrected chi connectivity index (χ0v) is 9.17. The van der Waals surface area contributed by atoms with Crippen molar-refractivity contribution >= 4 is 34.8 Å². The average Bonchev–Trinajstić information content (AvgIpc) is 2.09. The molecule has 0 spiro atoms. The van der Waals surface area contributed by atoms with Crippen LogP contribution in [0.5, 0.6) is 0 Å². The van der Waals surface area contributed by atoms with Crippen LogP contribution >= 0.6 is 24.4 Å². The highest BCUT2D eigenvalue weighted by Crippen LogP contribution is 1.94. The van der Waals surface area contributed by atoms with Gasteiger partial charge in [-0.05, 0) is 30.9 Å². The molecule has 13 heavy (non-hydrogen) atoms. The van der Waals surface area contributed by atoms with Gasteiger partial charge in [0.1, 0.15) is 0 Å². The predicted octanol–water partition coefficient (Wildman–Crippen LogP) is 1.24. The summed E-state index contributed by atoms with van der Waals surface area (Å²) in [5, 5.41) is 0.0448. The van der Waals surface area contributed by atoms with Gasteiger partial charge in [0.15, 0.2) is 0 Å². The molecule has 0 heterocycles. The summed E-state index contributed by atoms with van der Waals surface area (Å²) in [6, 6.07) is 0. The standard InChI is InChI=1S/C7H14N2O2S2/c1-2-3-4-5-10-7(13)9-11-6(8)12/h2-5H2,1H3,(H2,8,12)(H,9,13). The molecule has 0 saturated heterocycles. The highest BCUT2D eigenvalue weighted by atomic mass is 32.1. The van der Waals surface area contributed by atoms with Crippen molar-refractivity contribution in [3.63, 3.8) is 0 Å². The number of thiocarbonyl (C=S) groups is 2. The van der Waals surface area contributed by atoms with Crippen molar-refractivity contribution < 1.29 is 9.57 Å². The van der Waals surface area contributed by atoms with E-state index in [0.29, 0.717) is 6.61 Å². The summed E-state index contributed by atoms with van der Waals surface area (Å²) in [5.74, 6) is 0. The number of hydrogen-bond donors (Lipinski definition) is 2. The van der Waals surface area contributed by atoms with Crippen LogP contribution in [0.2, 0.25) is 0 Å². The third kappa shape index (κ3) is 9.29. The molecule has 0 amide bonds. The Kier molecular flexibility index (Phi) is 7.62. The molecule has 0 aliphatic rings. The Labute approximate surface area is 88.7 Å². The lowest BCUT2D eigenvalue weighted by Crippen LogP contribution is -2.30. The maximum Gasteiger partial charge on any atom is 0.290 e. The smallest absolute Gasteiger partial charge is 0.290 e. The van der Waals surface area contributed by atoms with Gasteiger partial charge in [0.05, 0.1) is 6.61 Å². The SMILES string of the molecule is CCCCCOC(=S)NOC(N)=S. The van der Waals surface area contributed by atoms with Crippen LogP contribution in [-0.2, 0) is 9.57 Å². The molecule has 0 bridgehead atoms. The van der Waals surface area contributed by atoms with Gasteiger partial charge in [0, 0.05) is 0 Å². The quantitative estimate of drug-likeness (QED) is 0.424. The molecule has 0 rings (SSSR count). The molecule has 0 fully saturated rings. The van der Waals surface area contributed by atoms with E-state index >= 15 is 0 Å². The first-order valence-corrected chi connectivity index (χ1v) is 4.87. The number of unbranched alkanes of at least 4 members (excludes halogenated alkanes) is 2. The minimum atomic E-state index is -0.112. The molecule has 76 valence electrons. The van der Waals surface area contributed by atoms with Crippen molar-refractivity contribution in [3.8, 4) is 0 Å². The molecule has 0 saturated carbocycles. The molecule has 0 aromatic rings. The molecule has 0 unspecified atom stereocenters. The van der Waals surface area contributed by atoms with Crippen molar-refractivity contribution in [2.24, 2.45) is 5.73 Å². The lowest BCUT2D eigenvalue weighted by Gasteiger charge is -2.08. The summed E-state index contributed by atoms with van der Waals surface area (Å²) in [5.41, 5.74) is 7.35. The van der Waals surface area contributed by atoms with Crippen LogP contribution in [0.1, 0.15) is 26.2 Å². The Morgan fingerprint density at radius 3 is 2.62 bits per heavy atom. The summed E-state index contributed by atoms with van der Waals surface area (Å²) < 4.78 is 5.07. The number of rotatable bonds is 4. The topological polar surface area (TPSA) is 56.5 Å². The third-order valence-corrected chi connectivity index (χ3v) is 1.50. The second kappa shape index (κ2) is 8.00. The summed E-state index contributed by atoms with van der Waals surface area (Å²) in [4.78, 5) is 4.55. The van der Waals surface area contributed by atoms with Crippen molar-refractivity contribution in [1.82, 2.24) is 5.48 Å². The first-order chi connectivity index (χ1) is 6.16. The van der Waals surface area contributed by atoms with Gasteiger partial charge >= 0.3 is 0 Å². The molecule has 0 aromatic heterocycles. The summed E-state index contributed by atoms with van der Waals surface area (Å²) in [6.45, 7) is 2.70. The van der Waals surface area contributed by atoms with Crippen molar-refractivity contribution in [2.45, 2.75) is 26.2 Å². The summed E-state index contributed by atoms with van der Waals surface area (Å²) in [6.07, 6.45) is 3.25. The van der Waals surface area contributed by atoms with E-state index in [2.05, 4.69) is 29.5 Å². The first-order valence-electron chi connectivity index (χ1n) is 4.06. The monoisotopic (exact) mass is 222 g/mol. The maximum atomic E-state index is 5.07. The van der Waals surface area contributed by atoms with Crippen LogP contribution in [0.3, 0.4) is 0 Å². The van der Waals surface area contributed by atoms with E-state index in [1.807, 2.05) is 0 Å². The van der Waals surface area contributed by atoms with E-state index in [9.17, 15) is 0 Å². The van der Waals surface area contributed by atoms with Crippen LogP contribution in [-0.4, -0.2) is 17.0 Å². The minimum Gasteiger partial charge on any atom is -0.469 e. The van der Waals surface area contributed by atoms with Gasteiger partial charge in [0.25, 0.3) is 10.3 Å². The molecule has 0 aliphatic heterocycles. The third-order valence-electron chi connectivity index (χ3n) is 1.22. The van der Waals surface area contributed by atoms with E-state index in [1.165, 1.54) is 0 Å². The van der Waals surface area contributed by atoms with Gasteiger partial charge < -0.3 is 15.3 Å². The molecule has 6 heteroatoms. The van der Waals surface area contributed by atoms with Crippen LogP contribution in [0.25, 0.3) is 0 Å². The average molecular weight is 222 g/mol. The normalized spacial score (nSPS) is 9.00. The van der Waals surface area contributed by atoms with Gasteiger partial charge in [-0.1, -0.05) is 19.8 Å². The number of nitrogens with two attached hydrogens (primary N) is 1. The Hall–Kier alpha value is -0.620. The molecule has 3 N–H and O–H groups in total. The predicted molar refractivity (Wildman–Crippen MR) is 59.1 cm³/mol. The first kappa shape index (κ1) is 12.4. The lowest BCUT2D eigenvalue weighted by atomic mass is 10.3. The minimum absolute atomic E-state index is 0.112. The highest BCUT2D eigenvalue weighted by molar-refractivity contribution is 7.80. The van der Waals surface area contributed by atoms with Gasteiger partial charge in [-0.3, -0.25) is 0 Å². The number of hydroxylamine groups is 1. The molecular formula is C7H14N2O2S2. The molecule has 0 aliphatic carbocycles. The largest absolute Gasteiger partial charge is 0.469 e. The van der Waals surface area contributed by atoms with Gasteiger partial charge in [-0.2, -0.15) is 5.48 Å². The zero-order valence-electron chi connectivity index (χ0n) is 7.54. The van der Waals surface area contributed by atoms with Gasteiger partial charge in [0.2, 0.25) is 0 Å². The Morgan fingerprint density at radius 2 is 2.08 bits per heavy atom. The molecule has 0 atom stereocenters. The van der Waals surface area contributed by atoms with E-state index in [4.69, 9.17) is 22.7 Å². The van der Waals surface area contributed by atoms with Crippen LogP contribution in [0.15, 0.2) is 0 Å². The summed E-state index contributed by atoms with van der Waals surface area (Å²) in [7, 11) is 0. The van der Waals surface area contributed by atoms with Crippen LogP contribution in [0, 0.1) is 0 Å². The van der Waals surface area contributed by atoms with E-state index in [0.717, 1.165) is 19.3 Å². The fraction of sp³-hybridized carbons (Fsp3) is 0.714. The van der Waals surface area contributed by atoms with E-state index in [1.54, 1.807) is 0 Å². The van der Waals surface area contributed by atoms with Crippen LogP contribution < -0.4 is 11.2 Å². The Morgan fingerprint density at radius 1 is 1.38 bits per heavy atom. The van der Waals surface area contributed by atoms with E-state index in [-0.39, 0.29) is 10.3 Å². The summed E-state index contributed by atoms with van der Waals surface area (Å²) >= 11 is 9.19. The fourth-order valence-corrected chi connectivity index (χ4v) is 0.805. The number of ether oxygens (including phenoxy) is 1. The molecule has 0 radical (unpaired) electrons. The number of hydrogen-bond acceptors (Lipinski definition) is 4. The zero-order chi connectivity index (χ0) is 10.1. The second-order valence-corrected chi connectivity index (χ2v) is 3.14. The van der Waals surface area contributed by atoms with Gasteiger partial charge in [-0.25, -0.2) is 0 Å². The van der Waals surface area contributed by atoms with Crippen LogP contribution in [0.4, 0.5) is 0 Å². The Bertz CT molecular complexity index is 176. The molecule has 4 nitrogen and oxygen atoms in total. The van der Waals surface area contributed by atoms with Crippen molar-refractivity contribution in [3.05, 3.63) is 0 Å².